The van der Waals surface area contributed by atoms with Gasteiger partial charge in [-0.2, -0.15) is 0 Å². The maximum Gasteiger partial charge on any atom is 0.219 e. The van der Waals surface area contributed by atoms with Crippen LogP contribution >= 0.6 is 0 Å². The van der Waals surface area contributed by atoms with Crippen molar-refractivity contribution >= 4 is 12.0 Å². The van der Waals surface area contributed by atoms with E-state index in [-0.39, 0.29) is 5.91 Å². The second kappa shape index (κ2) is 6.04. The second-order valence-corrected chi connectivity index (χ2v) is 4.22. The maximum absolute atomic E-state index is 11.1. The summed E-state index contributed by atoms with van der Waals surface area (Å²) in [5, 5.41) is 0. The van der Waals surface area contributed by atoms with Gasteiger partial charge < -0.3 is 4.90 Å². The Bertz CT molecular complexity index is 446. The molecule has 0 radical (unpaired) electrons. The lowest BCUT2D eigenvalue weighted by Crippen LogP contribution is -2.25. The highest BCUT2D eigenvalue weighted by Crippen LogP contribution is 2.10. The maximum atomic E-state index is 11.1. The summed E-state index contributed by atoms with van der Waals surface area (Å²) in [6, 6.07) is 8.17. The molecule has 0 atom stereocenters. The molecule has 0 bridgehead atoms. The van der Waals surface area contributed by atoms with Crippen LogP contribution in [-0.2, 0) is 4.79 Å². The largest absolute Gasteiger partial charge is 0.342 e. The molecule has 1 aromatic rings. The number of rotatable bonds is 4. The van der Waals surface area contributed by atoms with Gasteiger partial charge in [0.1, 0.15) is 0 Å². The molecular formula is C15H19NO. The van der Waals surface area contributed by atoms with E-state index in [0.717, 1.165) is 5.57 Å². The number of carbonyl (C=O) groups is 1. The van der Waals surface area contributed by atoms with Gasteiger partial charge in [0.2, 0.25) is 5.91 Å². The number of likely N-dealkylation sites (N-methyl/N-ethyl adjacent to an activating group) is 1. The predicted octanol–water partition coefficient (Wildman–Crippen LogP) is 3.04. The molecule has 0 saturated heterocycles. The van der Waals surface area contributed by atoms with E-state index in [9.17, 15) is 4.79 Å². The lowest BCUT2D eigenvalue weighted by molar-refractivity contribution is -0.127. The average molecular weight is 229 g/mol. The van der Waals surface area contributed by atoms with Crippen LogP contribution in [-0.4, -0.2) is 24.4 Å². The minimum Gasteiger partial charge on any atom is -0.342 e. The molecule has 2 nitrogen and oxygen atoms in total. The third kappa shape index (κ3) is 4.27. The lowest BCUT2D eigenvalue weighted by atomic mass is 10.1. The van der Waals surface area contributed by atoms with E-state index in [1.54, 1.807) is 18.9 Å². The Labute approximate surface area is 103 Å². The minimum absolute atomic E-state index is 0.0513. The van der Waals surface area contributed by atoms with Crippen LogP contribution < -0.4 is 0 Å². The van der Waals surface area contributed by atoms with Gasteiger partial charge in [-0.05, 0) is 23.6 Å². The molecule has 90 valence electrons. The molecular weight excluding hydrogens is 210 g/mol. The van der Waals surface area contributed by atoms with Gasteiger partial charge >= 0.3 is 0 Å². The first kappa shape index (κ1) is 13.2. The summed E-state index contributed by atoms with van der Waals surface area (Å²) in [4.78, 5) is 12.7. The molecule has 0 N–H and O–H groups in total. The van der Waals surface area contributed by atoms with Crippen LogP contribution in [0.2, 0.25) is 0 Å². The monoisotopic (exact) mass is 229 g/mol. The van der Waals surface area contributed by atoms with Gasteiger partial charge in [0, 0.05) is 20.5 Å². The van der Waals surface area contributed by atoms with E-state index in [1.807, 2.05) is 24.3 Å². The summed E-state index contributed by atoms with van der Waals surface area (Å²) in [5.74, 6) is 0.0513. The third-order valence-corrected chi connectivity index (χ3v) is 2.66. The van der Waals surface area contributed by atoms with Crippen molar-refractivity contribution in [3.63, 3.8) is 0 Å². The molecule has 0 spiro atoms. The summed E-state index contributed by atoms with van der Waals surface area (Å²) in [7, 11) is 1.77. The van der Waals surface area contributed by atoms with Crippen molar-refractivity contribution in [3.8, 4) is 0 Å². The van der Waals surface area contributed by atoms with Crippen LogP contribution in [0.25, 0.3) is 6.08 Å². The van der Waals surface area contributed by atoms with Crippen LogP contribution in [0.3, 0.4) is 0 Å². The van der Waals surface area contributed by atoms with Crippen LogP contribution in [0.5, 0.6) is 0 Å². The number of nitrogens with zero attached hydrogens (tertiary/aromatic N) is 1. The van der Waals surface area contributed by atoms with Gasteiger partial charge in [-0.1, -0.05) is 43.0 Å². The SMILES string of the molecule is C=C(/C=C\c1ccccc1C)CN(C)C(C)=O. The number of amides is 1. The van der Waals surface area contributed by atoms with Crippen LogP contribution in [0.4, 0.5) is 0 Å². The number of carbonyl (C=O) groups excluding carboxylic acids is 1. The van der Waals surface area contributed by atoms with Crippen molar-refractivity contribution in [1.82, 2.24) is 4.90 Å². The fraction of sp³-hybridized carbons (Fsp3) is 0.267. The molecule has 1 aromatic carbocycles. The van der Waals surface area contributed by atoms with Crippen molar-refractivity contribution in [2.45, 2.75) is 13.8 Å². The molecule has 0 aliphatic rings. The van der Waals surface area contributed by atoms with E-state index in [1.165, 1.54) is 11.1 Å². The highest BCUT2D eigenvalue weighted by molar-refractivity contribution is 5.73. The first-order valence-electron chi connectivity index (χ1n) is 5.64. The van der Waals surface area contributed by atoms with Crippen molar-refractivity contribution < 1.29 is 4.79 Å². The van der Waals surface area contributed by atoms with E-state index in [2.05, 4.69) is 25.6 Å². The molecule has 0 aliphatic carbocycles. The number of hydrogen-bond acceptors (Lipinski definition) is 1. The number of hydrogen-bond donors (Lipinski definition) is 0. The summed E-state index contributed by atoms with van der Waals surface area (Å²) in [6.07, 6.45) is 3.99. The zero-order valence-corrected chi connectivity index (χ0v) is 10.7. The smallest absolute Gasteiger partial charge is 0.219 e. The van der Waals surface area contributed by atoms with Gasteiger partial charge in [-0.15, -0.1) is 0 Å². The summed E-state index contributed by atoms with van der Waals surface area (Å²) >= 11 is 0. The second-order valence-electron chi connectivity index (χ2n) is 4.22. The topological polar surface area (TPSA) is 20.3 Å². The van der Waals surface area contributed by atoms with E-state index < -0.39 is 0 Å². The van der Waals surface area contributed by atoms with Gasteiger partial charge in [0.05, 0.1) is 0 Å². The third-order valence-electron chi connectivity index (χ3n) is 2.66. The Balaban J connectivity index is 2.63. The molecule has 0 saturated carbocycles. The molecule has 0 unspecified atom stereocenters. The van der Waals surface area contributed by atoms with Crippen molar-refractivity contribution in [2.75, 3.05) is 13.6 Å². The van der Waals surface area contributed by atoms with Crippen molar-refractivity contribution in [2.24, 2.45) is 0 Å². The average Bonchev–Trinajstić information content (AvgIpc) is 2.27. The van der Waals surface area contributed by atoms with E-state index in [0.29, 0.717) is 6.54 Å². The molecule has 2 heteroatoms. The predicted molar refractivity (Wildman–Crippen MR) is 72.7 cm³/mol. The van der Waals surface area contributed by atoms with E-state index in [4.69, 9.17) is 0 Å². The Morgan fingerprint density at radius 3 is 2.65 bits per heavy atom. The summed E-state index contributed by atoms with van der Waals surface area (Å²) in [5.41, 5.74) is 3.33. The highest BCUT2D eigenvalue weighted by Gasteiger charge is 2.01. The summed E-state index contributed by atoms with van der Waals surface area (Å²) < 4.78 is 0. The zero-order chi connectivity index (χ0) is 12.8. The minimum atomic E-state index is 0.0513. The lowest BCUT2D eigenvalue weighted by Gasteiger charge is -2.14. The Morgan fingerprint density at radius 2 is 2.06 bits per heavy atom. The Hall–Kier alpha value is -1.83. The molecule has 0 aromatic heterocycles. The number of aryl methyl sites for hydroxylation is 1. The molecule has 17 heavy (non-hydrogen) atoms. The highest BCUT2D eigenvalue weighted by atomic mass is 16.2. The van der Waals surface area contributed by atoms with Crippen LogP contribution in [0.15, 0.2) is 42.5 Å². The summed E-state index contributed by atoms with van der Waals surface area (Å²) in [6.45, 7) is 8.14. The van der Waals surface area contributed by atoms with Crippen LogP contribution in [0, 0.1) is 6.92 Å². The normalized spacial score (nSPS) is 10.5. The van der Waals surface area contributed by atoms with Crippen molar-refractivity contribution in [1.29, 1.82) is 0 Å². The van der Waals surface area contributed by atoms with Gasteiger partial charge in [-0.25, -0.2) is 0 Å². The molecule has 1 rings (SSSR count). The standard InChI is InChI=1S/C15H19NO/c1-12(11-16(4)14(3)17)9-10-15-8-6-5-7-13(15)2/h5-10H,1,11H2,2-4H3/b10-9-. The quantitative estimate of drug-likeness (QED) is 0.727. The van der Waals surface area contributed by atoms with E-state index >= 15 is 0 Å². The van der Waals surface area contributed by atoms with Crippen LogP contribution in [0.1, 0.15) is 18.1 Å². The molecule has 0 fully saturated rings. The fourth-order valence-electron chi connectivity index (χ4n) is 1.45. The molecule has 0 aliphatic heterocycles. The molecule has 1 amide bonds. The Morgan fingerprint density at radius 1 is 1.41 bits per heavy atom. The zero-order valence-electron chi connectivity index (χ0n) is 10.7. The molecule has 0 heterocycles. The first-order chi connectivity index (χ1) is 8.00. The van der Waals surface area contributed by atoms with Gasteiger partial charge in [-0.3, -0.25) is 4.79 Å². The Kier molecular flexibility index (Phi) is 4.70. The van der Waals surface area contributed by atoms with Gasteiger partial charge in [0.25, 0.3) is 0 Å². The first-order valence-corrected chi connectivity index (χ1v) is 5.64. The van der Waals surface area contributed by atoms with Gasteiger partial charge in [0.15, 0.2) is 0 Å². The fourth-order valence-corrected chi connectivity index (χ4v) is 1.45. The van der Waals surface area contributed by atoms with Crippen molar-refractivity contribution in [3.05, 3.63) is 53.6 Å². The number of benzene rings is 1.